The molecule has 0 bridgehead atoms. The first-order valence-corrected chi connectivity index (χ1v) is 9.40. The Morgan fingerprint density at radius 2 is 1.78 bits per heavy atom. The maximum absolute atomic E-state index is 12.4. The van der Waals surface area contributed by atoms with E-state index < -0.39 is 0 Å². The normalized spacial score (nSPS) is 14.9. The number of carbonyl (C=O) groups is 1. The first-order valence-electron chi connectivity index (χ1n) is 9.02. The van der Waals surface area contributed by atoms with Crippen LogP contribution in [0.1, 0.15) is 5.56 Å². The van der Waals surface area contributed by atoms with Gasteiger partial charge in [0.05, 0.1) is 5.52 Å². The summed E-state index contributed by atoms with van der Waals surface area (Å²) < 4.78 is 0. The van der Waals surface area contributed by atoms with E-state index in [0.717, 1.165) is 35.4 Å². The van der Waals surface area contributed by atoms with E-state index in [1.165, 1.54) is 0 Å². The Labute approximate surface area is 163 Å². The van der Waals surface area contributed by atoms with Crippen molar-refractivity contribution in [2.75, 3.05) is 31.1 Å². The van der Waals surface area contributed by atoms with Gasteiger partial charge < -0.3 is 9.80 Å². The molecule has 0 aliphatic carbocycles. The third-order valence-electron chi connectivity index (χ3n) is 4.77. The van der Waals surface area contributed by atoms with Crippen LogP contribution in [0.5, 0.6) is 0 Å². The second-order valence-electron chi connectivity index (χ2n) is 6.56. The van der Waals surface area contributed by atoms with Crippen molar-refractivity contribution in [3.05, 3.63) is 77.3 Å². The predicted molar refractivity (Wildman–Crippen MR) is 111 cm³/mol. The number of aromatic nitrogens is 1. The lowest BCUT2D eigenvalue weighted by molar-refractivity contribution is -0.126. The number of benzene rings is 2. The predicted octanol–water partition coefficient (Wildman–Crippen LogP) is 4.25. The van der Waals surface area contributed by atoms with E-state index in [1.54, 1.807) is 6.08 Å². The van der Waals surface area contributed by atoms with Gasteiger partial charge in [0.25, 0.3) is 0 Å². The Hall–Kier alpha value is -2.85. The molecule has 0 saturated carbocycles. The number of pyridine rings is 1. The molecule has 3 aromatic rings. The van der Waals surface area contributed by atoms with Gasteiger partial charge in [-0.1, -0.05) is 41.9 Å². The standard InChI is InChI=1S/C22H20ClN3O/c23-19-6-3-4-17(16-19)8-11-22(27)26-14-12-25(13-15-26)21-10-9-18-5-1-2-7-20(18)24-21/h1-11,16H,12-15H2/b11-8+. The summed E-state index contributed by atoms with van der Waals surface area (Å²) in [6, 6.07) is 19.7. The highest BCUT2D eigenvalue weighted by Gasteiger charge is 2.20. The summed E-state index contributed by atoms with van der Waals surface area (Å²) in [6.45, 7) is 2.94. The number of carbonyl (C=O) groups excluding carboxylic acids is 1. The molecule has 1 aromatic heterocycles. The highest BCUT2D eigenvalue weighted by molar-refractivity contribution is 6.30. The van der Waals surface area contributed by atoms with Crippen molar-refractivity contribution in [3.8, 4) is 0 Å². The summed E-state index contributed by atoms with van der Waals surface area (Å²) in [5, 5.41) is 1.81. The number of anilines is 1. The van der Waals surface area contributed by atoms with Gasteiger partial charge in [0.15, 0.2) is 0 Å². The van der Waals surface area contributed by atoms with Crippen LogP contribution in [0.3, 0.4) is 0 Å². The molecule has 0 unspecified atom stereocenters. The first kappa shape index (κ1) is 17.6. The van der Waals surface area contributed by atoms with Crippen molar-refractivity contribution in [2.24, 2.45) is 0 Å². The third kappa shape index (κ3) is 4.12. The number of nitrogens with zero attached hydrogens (tertiary/aromatic N) is 3. The second-order valence-corrected chi connectivity index (χ2v) is 7.00. The lowest BCUT2D eigenvalue weighted by Gasteiger charge is -2.35. The fourth-order valence-electron chi connectivity index (χ4n) is 3.27. The van der Waals surface area contributed by atoms with Crippen LogP contribution in [0, 0.1) is 0 Å². The average Bonchev–Trinajstić information content (AvgIpc) is 2.72. The van der Waals surface area contributed by atoms with Gasteiger partial charge >= 0.3 is 0 Å². The number of halogens is 1. The molecule has 0 radical (unpaired) electrons. The van der Waals surface area contributed by atoms with E-state index in [-0.39, 0.29) is 5.91 Å². The van der Waals surface area contributed by atoms with E-state index in [0.29, 0.717) is 18.1 Å². The molecule has 1 fully saturated rings. The number of hydrogen-bond donors (Lipinski definition) is 0. The molecule has 4 nitrogen and oxygen atoms in total. The zero-order valence-corrected chi connectivity index (χ0v) is 15.6. The minimum absolute atomic E-state index is 0.0288. The maximum Gasteiger partial charge on any atom is 0.246 e. The van der Waals surface area contributed by atoms with Crippen molar-refractivity contribution >= 4 is 40.3 Å². The quantitative estimate of drug-likeness (QED) is 0.640. The number of amides is 1. The van der Waals surface area contributed by atoms with Gasteiger partial charge in [-0.3, -0.25) is 4.79 Å². The lowest BCUT2D eigenvalue weighted by Crippen LogP contribution is -2.48. The van der Waals surface area contributed by atoms with Crippen LogP contribution in [-0.2, 0) is 4.79 Å². The molecular formula is C22H20ClN3O. The summed E-state index contributed by atoms with van der Waals surface area (Å²) in [7, 11) is 0. The fourth-order valence-corrected chi connectivity index (χ4v) is 3.47. The van der Waals surface area contributed by atoms with Crippen LogP contribution in [0.2, 0.25) is 5.02 Å². The van der Waals surface area contributed by atoms with Gasteiger partial charge in [-0.15, -0.1) is 0 Å². The summed E-state index contributed by atoms with van der Waals surface area (Å²) in [5.74, 6) is 0.997. The first-order chi connectivity index (χ1) is 13.2. The minimum atomic E-state index is 0.0288. The Kier molecular flexibility index (Phi) is 5.07. The molecule has 2 heterocycles. The Bertz CT molecular complexity index is 994. The summed E-state index contributed by atoms with van der Waals surface area (Å²) in [6.07, 6.45) is 3.43. The molecule has 0 spiro atoms. The molecule has 1 aliphatic heterocycles. The largest absolute Gasteiger partial charge is 0.353 e. The molecule has 0 atom stereocenters. The van der Waals surface area contributed by atoms with Crippen molar-refractivity contribution in [1.82, 2.24) is 9.88 Å². The molecular weight excluding hydrogens is 358 g/mol. The minimum Gasteiger partial charge on any atom is -0.353 e. The molecule has 2 aromatic carbocycles. The highest BCUT2D eigenvalue weighted by Crippen LogP contribution is 2.19. The SMILES string of the molecule is O=C(/C=C/c1cccc(Cl)c1)N1CCN(c2ccc3ccccc3n2)CC1. The van der Waals surface area contributed by atoms with Gasteiger partial charge in [0.1, 0.15) is 5.82 Å². The van der Waals surface area contributed by atoms with Gasteiger partial charge in [0.2, 0.25) is 5.91 Å². The number of para-hydroxylation sites is 1. The summed E-state index contributed by atoms with van der Waals surface area (Å²) in [4.78, 5) is 21.3. The summed E-state index contributed by atoms with van der Waals surface area (Å²) in [5.41, 5.74) is 1.92. The molecule has 27 heavy (non-hydrogen) atoms. The van der Waals surface area contributed by atoms with Crippen LogP contribution < -0.4 is 4.90 Å². The molecule has 1 saturated heterocycles. The van der Waals surface area contributed by atoms with Gasteiger partial charge in [-0.25, -0.2) is 4.98 Å². The zero-order chi connectivity index (χ0) is 18.6. The van der Waals surface area contributed by atoms with Crippen LogP contribution >= 0.6 is 11.6 Å². The number of hydrogen-bond acceptors (Lipinski definition) is 3. The lowest BCUT2D eigenvalue weighted by atomic mass is 10.2. The summed E-state index contributed by atoms with van der Waals surface area (Å²) >= 11 is 5.98. The van der Waals surface area contributed by atoms with Crippen LogP contribution in [0.15, 0.2) is 66.7 Å². The third-order valence-corrected chi connectivity index (χ3v) is 5.00. The van der Waals surface area contributed by atoms with E-state index in [4.69, 9.17) is 16.6 Å². The molecule has 0 N–H and O–H groups in total. The molecule has 1 aliphatic rings. The van der Waals surface area contributed by atoms with Crippen molar-refractivity contribution in [1.29, 1.82) is 0 Å². The van der Waals surface area contributed by atoms with Gasteiger partial charge in [-0.2, -0.15) is 0 Å². The highest BCUT2D eigenvalue weighted by atomic mass is 35.5. The molecule has 1 amide bonds. The maximum atomic E-state index is 12.4. The number of fused-ring (bicyclic) bond motifs is 1. The van der Waals surface area contributed by atoms with Gasteiger partial charge in [-0.05, 0) is 42.0 Å². The van der Waals surface area contributed by atoms with Crippen molar-refractivity contribution in [3.63, 3.8) is 0 Å². The Balaban J connectivity index is 1.38. The monoisotopic (exact) mass is 377 g/mol. The molecule has 136 valence electrons. The topological polar surface area (TPSA) is 36.4 Å². The Morgan fingerprint density at radius 1 is 0.963 bits per heavy atom. The smallest absolute Gasteiger partial charge is 0.246 e. The average molecular weight is 378 g/mol. The zero-order valence-electron chi connectivity index (χ0n) is 14.9. The van der Waals surface area contributed by atoms with Crippen molar-refractivity contribution in [2.45, 2.75) is 0 Å². The Morgan fingerprint density at radius 3 is 2.59 bits per heavy atom. The van der Waals surface area contributed by atoms with Crippen LogP contribution in [-0.4, -0.2) is 42.0 Å². The van der Waals surface area contributed by atoms with Crippen LogP contribution in [0.4, 0.5) is 5.82 Å². The molecule has 4 rings (SSSR count). The fraction of sp³-hybridized carbons (Fsp3) is 0.182. The number of piperazine rings is 1. The second kappa shape index (κ2) is 7.80. The van der Waals surface area contributed by atoms with Crippen LogP contribution in [0.25, 0.3) is 17.0 Å². The van der Waals surface area contributed by atoms with Crippen molar-refractivity contribution < 1.29 is 4.79 Å². The molecule has 5 heteroatoms. The van der Waals surface area contributed by atoms with E-state index in [2.05, 4.69) is 23.1 Å². The van der Waals surface area contributed by atoms with Gasteiger partial charge in [0, 0.05) is 42.7 Å². The van der Waals surface area contributed by atoms with E-state index in [9.17, 15) is 4.79 Å². The number of rotatable bonds is 3. The van der Waals surface area contributed by atoms with E-state index in [1.807, 2.05) is 53.4 Å². The van der Waals surface area contributed by atoms with E-state index >= 15 is 0 Å².